The van der Waals surface area contributed by atoms with Crippen molar-refractivity contribution in [1.82, 2.24) is 14.7 Å². The molecule has 1 aromatic rings. The Hall–Kier alpha value is -1.36. The van der Waals surface area contributed by atoms with Gasteiger partial charge in [0.1, 0.15) is 0 Å². The summed E-state index contributed by atoms with van der Waals surface area (Å²) in [6, 6.07) is 0. The molecule has 0 bridgehead atoms. The Kier molecular flexibility index (Phi) is 4.49. The summed E-state index contributed by atoms with van der Waals surface area (Å²) in [6.07, 6.45) is 4.42. The highest BCUT2D eigenvalue weighted by Crippen LogP contribution is 2.09. The average molecular weight is 224 g/mol. The molecule has 0 radical (unpaired) electrons. The molecule has 1 unspecified atom stereocenters. The van der Waals surface area contributed by atoms with Crippen LogP contribution in [0.4, 0.5) is 0 Å². The van der Waals surface area contributed by atoms with Crippen LogP contribution in [0.25, 0.3) is 0 Å². The number of aryl methyl sites for hydroxylation is 1. The van der Waals surface area contributed by atoms with Gasteiger partial charge in [0.25, 0.3) is 0 Å². The fourth-order valence-corrected chi connectivity index (χ4v) is 1.61. The Morgan fingerprint density at radius 1 is 1.62 bits per heavy atom. The maximum atomic E-state index is 11.8. The van der Waals surface area contributed by atoms with Gasteiger partial charge in [-0.1, -0.05) is 0 Å². The minimum atomic E-state index is -0.149. The smallest absolute Gasteiger partial charge is 0.226 e. The Labute approximate surface area is 96.2 Å². The Bertz CT molecular complexity index is 346. The molecular formula is C11H20N4O. The predicted molar refractivity (Wildman–Crippen MR) is 62.8 cm³/mol. The van der Waals surface area contributed by atoms with E-state index in [9.17, 15) is 4.79 Å². The average Bonchev–Trinajstić information content (AvgIpc) is 2.72. The summed E-state index contributed by atoms with van der Waals surface area (Å²) in [6.45, 7) is 3.24. The van der Waals surface area contributed by atoms with Gasteiger partial charge in [-0.05, 0) is 18.9 Å². The quantitative estimate of drug-likeness (QED) is 0.772. The number of aromatic nitrogens is 2. The summed E-state index contributed by atoms with van der Waals surface area (Å²) in [7, 11) is 3.50. The number of carbonyl (C=O) groups is 1. The van der Waals surface area contributed by atoms with Crippen LogP contribution in [0, 0.1) is 5.92 Å². The van der Waals surface area contributed by atoms with Crippen molar-refractivity contribution < 1.29 is 4.79 Å². The van der Waals surface area contributed by atoms with E-state index >= 15 is 0 Å². The fraction of sp³-hybridized carbons (Fsp3) is 0.636. The van der Waals surface area contributed by atoms with Gasteiger partial charge in [-0.15, -0.1) is 0 Å². The minimum absolute atomic E-state index is 0.0757. The zero-order valence-electron chi connectivity index (χ0n) is 10.2. The first-order chi connectivity index (χ1) is 7.58. The second-order valence-electron chi connectivity index (χ2n) is 4.07. The van der Waals surface area contributed by atoms with E-state index in [4.69, 9.17) is 5.73 Å². The lowest BCUT2D eigenvalue weighted by atomic mass is 10.0. The lowest BCUT2D eigenvalue weighted by Gasteiger charge is -2.18. The normalized spacial score (nSPS) is 12.5. The largest absolute Gasteiger partial charge is 0.349 e. The molecule has 0 fully saturated rings. The van der Waals surface area contributed by atoms with E-state index in [0.717, 1.165) is 12.1 Å². The zero-order valence-corrected chi connectivity index (χ0v) is 10.2. The standard InChI is InChI=1S/C11H20N4O/c1-4-15-8-9(7-13-15)5-10(6-12)11(16)14(2)3/h7-8,10H,4-6,12H2,1-3H3. The highest BCUT2D eigenvalue weighted by Gasteiger charge is 2.19. The van der Waals surface area contributed by atoms with Crippen LogP contribution in [0.15, 0.2) is 12.4 Å². The van der Waals surface area contributed by atoms with Crippen LogP contribution in [0.2, 0.25) is 0 Å². The van der Waals surface area contributed by atoms with Crippen LogP contribution in [0.3, 0.4) is 0 Å². The molecule has 0 aliphatic rings. The van der Waals surface area contributed by atoms with Crippen LogP contribution < -0.4 is 5.73 Å². The van der Waals surface area contributed by atoms with Crippen molar-refractivity contribution in [3.8, 4) is 0 Å². The third-order valence-electron chi connectivity index (χ3n) is 2.57. The van der Waals surface area contributed by atoms with Gasteiger partial charge < -0.3 is 10.6 Å². The van der Waals surface area contributed by atoms with Crippen molar-refractivity contribution in [3.05, 3.63) is 18.0 Å². The molecule has 16 heavy (non-hydrogen) atoms. The van der Waals surface area contributed by atoms with E-state index in [2.05, 4.69) is 5.10 Å². The first kappa shape index (κ1) is 12.7. The third kappa shape index (κ3) is 3.06. The van der Waals surface area contributed by atoms with Gasteiger partial charge in [0, 0.05) is 33.4 Å². The topological polar surface area (TPSA) is 64.2 Å². The lowest BCUT2D eigenvalue weighted by Crippen LogP contribution is -2.35. The maximum absolute atomic E-state index is 11.8. The SMILES string of the molecule is CCn1cc(CC(CN)C(=O)N(C)C)cn1. The fourth-order valence-electron chi connectivity index (χ4n) is 1.61. The monoisotopic (exact) mass is 224 g/mol. The third-order valence-corrected chi connectivity index (χ3v) is 2.57. The van der Waals surface area contributed by atoms with Gasteiger partial charge in [0.15, 0.2) is 0 Å². The number of nitrogens with two attached hydrogens (primary N) is 1. The van der Waals surface area contributed by atoms with Crippen molar-refractivity contribution in [2.24, 2.45) is 11.7 Å². The summed E-state index contributed by atoms with van der Waals surface area (Å²) in [5, 5.41) is 4.18. The predicted octanol–water partition coefficient (Wildman–Crippen LogP) is 0.109. The second kappa shape index (κ2) is 5.65. The molecule has 90 valence electrons. The summed E-state index contributed by atoms with van der Waals surface area (Å²) >= 11 is 0. The molecule has 1 aromatic heterocycles. The van der Waals surface area contributed by atoms with Crippen molar-refractivity contribution >= 4 is 5.91 Å². The molecule has 1 heterocycles. The van der Waals surface area contributed by atoms with E-state index < -0.39 is 0 Å². The molecule has 1 atom stereocenters. The van der Waals surface area contributed by atoms with Gasteiger partial charge in [0.05, 0.1) is 12.1 Å². The number of carbonyl (C=O) groups excluding carboxylic acids is 1. The van der Waals surface area contributed by atoms with E-state index in [1.165, 1.54) is 0 Å². The van der Waals surface area contributed by atoms with Gasteiger partial charge in [-0.2, -0.15) is 5.10 Å². The highest BCUT2D eigenvalue weighted by atomic mass is 16.2. The van der Waals surface area contributed by atoms with Crippen molar-refractivity contribution in [3.63, 3.8) is 0 Å². The molecule has 0 saturated heterocycles. The molecule has 0 spiro atoms. The highest BCUT2D eigenvalue weighted by molar-refractivity contribution is 5.78. The van der Waals surface area contributed by atoms with Crippen LogP contribution in [-0.4, -0.2) is 41.2 Å². The Morgan fingerprint density at radius 2 is 2.31 bits per heavy atom. The van der Waals surface area contributed by atoms with Crippen LogP contribution in [0.5, 0.6) is 0 Å². The molecule has 0 aromatic carbocycles. The van der Waals surface area contributed by atoms with Crippen molar-refractivity contribution in [2.45, 2.75) is 19.9 Å². The van der Waals surface area contributed by atoms with Crippen molar-refractivity contribution in [1.29, 1.82) is 0 Å². The lowest BCUT2D eigenvalue weighted by molar-refractivity contribution is -0.132. The second-order valence-corrected chi connectivity index (χ2v) is 4.07. The molecule has 5 heteroatoms. The van der Waals surface area contributed by atoms with Gasteiger partial charge in [-0.3, -0.25) is 9.48 Å². The number of nitrogens with zero attached hydrogens (tertiary/aromatic N) is 3. The number of amides is 1. The van der Waals surface area contributed by atoms with Crippen LogP contribution in [0.1, 0.15) is 12.5 Å². The number of rotatable bonds is 5. The molecule has 1 rings (SSSR count). The minimum Gasteiger partial charge on any atom is -0.349 e. The Balaban J connectivity index is 2.66. The zero-order chi connectivity index (χ0) is 12.1. The van der Waals surface area contributed by atoms with Gasteiger partial charge in [0.2, 0.25) is 5.91 Å². The van der Waals surface area contributed by atoms with E-state index in [-0.39, 0.29) is 11.8 Å². The van der Waals surface area contributed by atoms with E-state index in [0.29, 0.717) is 13.0 Å². The maximum Gasteiger partial charge on any atom is 0.226 e. The molecule has 0 aliphatic heterocycles. The van der Waals surface area contributed by atoms with E-state index in [1.807, 2.05) is 17.8 Å². The van der Waals surface area contributed by atoms with Crippen molar-refractivity contribution in [2.75, 3.05) is 20.6 Å². The van der Waals surface area contributed by atoms with Crippen LogP contribution >= 0.6 is 0 Å². The molecule has 5 nitrogen and oxygen atoms in total. The first-order valence-corrected chi connectivity index (χ1v) is 5.51. The number of hydrogen-bond donors (Lipinski definition) is 1. The van der Waals surface area contributed by atoms with E-state index in [1.54, 1.807) is 25.2 Å². The summed E-state index contributed by atoms with van der Waals surface area (Å²) < 4.78 is 1.85. The van der Waals surface area contributed by atoms with Gasteiger partial charge in [-0.25, -0.2) is 0 Å². The molecule has 1 amide bonds. The molecule has 0 aliphatic carbocycles. The Morgan fingerprint density at radius 3 is 2.75 bits per heavy atom. The first-order valence-electron chi connectivity index (χ1n) is 5.51. The summed E-state index contributed by atoms with van der Waals surface area (Å²) in [4.78, 5) is 13.4. The van der Waals surface area contributed by atoms with Crippen LogP contribution in [-0.2, 0) is 17.8 Å². The molecule has 0 saturated carbocycles. The molecular weight excluding hydrogens is 204 g/mol. The summed E-state index contributed by atoms with van der Waals surface area (Å²) in [5.41, 5.74) is 6.69. The van der Waals surface area contributed by atoms with Gasteiger partial charge >= 0.3 is 0 Å². The summed E-state index contributed by atoms with van der Waals surface area (Å²) in [5.74, 6) is -0.0729. The molecule has 2 N–H and O–H groups in total. The number of hydrogen-bond acceptors (Lipinski definition) is 3.